The molecule has 0 amide bonds. The zero-order chi connectivity index (χ0) is 13.5. The fourth-order valence-electron chi connectivity index (χ4n) is 1.62. The molecule has 0 heterocycles. The molecular formula is C15H14ClFO2. The first-order valence-corrected chi connectivity index (χ1v) is 6.47. The number of hydrogen-bond donors (Lipinski definition) is 0. The maximum atomic E-state index is 13.2. The van der Waals surface area contributed by atoms with Gasteiger partial charge < -0.3 is 9.47 Å². The first-order valence-electron chi connectivity index (χ1n) is 5.94. The summed E-state index contributed by atoms with van der Waals surface area (Å²) < 4.78 is 24.1. The van der Waals surface area contributed by atoms with E-state index in [2.05, 4.69) is 0 Å². The van der Waals surface area contributed by atoms with Crippen molar-refractivity contribution in [1.82, 2.24) is 0 Å². The van der Waals surface area contributed by atoms with Gasteiger partial charge in [0.05, 0.1) is 0 Å². The Morgan fingerprint density at radius 1 is 0.895 bits per heavy atom. The van der Waals surface area contributed by atoms with Crippen molar-refractivity contribution in [3.05, 3.63) is 59.9 Å². The molecule has 0 saturated heterocycles. The van der Waals surface area contributed by atoms with Crippen molar-refractivity contribution < 1.29 is 13.9 Å². The molecule has 100 valence electrons. The zero-order valence-corrected chi connectivity index (χ0v) is 11.1. The van der Waals surface area contributed by atoms with Gasteiger partial charge in [0.2, 0.25) is 0 Å². The van der Waals surface area contributed by atoms with Crippen molar-refractivity contribution in [3.8, 4) is 11.5 Å². The number of rotatable bonds is 6. The number of hydrogen-bond acceptors (Lipinski definition) is 2. The van der Waals surface area contributed by atoms with E-state index in [0.717, 1.165) is 5.75 Å². The van der Waals surface area contributed by atoms with Crippen LogP contribution in [0, 0.1) is 5.82 Å². The molecule has 2 aromatic carbocycles. The Morgan fingerprint density at radius 3 is 2.26 bits per heavy atom. The summed E-state index contributed by atoms with van der Waals surface area (Å²) in [7, 11) is 0. The largest absolute Gasteiger partial charge is 0.490 e. The fourth-order valence-corrected chi connectivity index (χ4v) is 1.77. The molecule has 0 N–H and O–H groups in total. The highest BCUT2D eigenvalue weighted by Gasteiger charge is 2.01. The first-order chi connectivity index (χ1) is 9.28. The molecule has 0 aliphatic rings. The Kier molecular flexibility index (Phi) is 5.04. The smallest absolute Gasteiger partial charge is 0.127 e. The van der Waals surface area contributed by atoms with E-state index in [-0.39, 0.29) is 11.7 Å². The second-order valence-corrected chi connectivity index (χ2v) is 4.21. The normalized spacial score (nSPS) is 10.2. The predicted molar refractivity (Wildman–Crippen MR) is 73.4 cm³/mol. The highest BCUT2D eigenvalue weighted by atomic mass is 35.5. The lowest BCUT2D eigenvalue weighted by Crippen LogP contribution is -2.09. The SMILES string of the molecule is Fc1cc(CCl)cc(OCCOc2ccccc2)c1. The van der Waals surface area contributed by atoms with Gasteiger partial charge in [0.15, 0.2) is 0 Å². The van der Waals surface area contributed by atoms with Gasteiger partial charge in [-0.1, -0.05) is 18.2 Å². The number of alkyl halides is 1. The molecule has 0 fully saturated rings. The molecule has 0 aliphatic carbocycles. The molecule has 0 atom stereocenters. The summed E-state index contributed by atoms with van der Waals surface area (Å²) in [4.78, 5) is 0. The monoisotopic (exact) mass is 280 g/mol. The molecule has 0 bridgehead atoms. The van der Waals surface area contributed by atoms with Gasteiger partial charge in [-0.25, -0.2) is 4.39 Å². The molecule has 2 rings (SSSR count). The zero-order valence-electron chi connectivity index (χ0n) is 10.3. The van der Waals surface area contributed by atoms with E-state index in [0.29, 0.717) is 24.5 Å². The lowest BCUT2D eigenvalue weighted by atomic mass is 10.2. The summed E-state index contributed by atoms with van der Waals surface area (Å²) in [5, 5.41) is 0. The minimum absolute atomic E-state index is 0.259. The van der Waals surface area contributed by atoms with Crippen LogP contribution in [0.5, 0.6) is 11.5 Å². The Labute approximate surface area is 116 Å². The molecule has 19 heavy (non-hydrogen) atoms. The minimum Gasteiger partial charge on any atom is -0.490 e. The van der Waals surface area contributed by atoms with Crippen LogP contribution >= 0.6 is 11.6 Å². The van der Waals surface area contributed by atoms with Crippen LogP contribution in [0.2, 0.25) is 0 Å². The van der Waals surface area contributed by atoms with Gasteiger partial charge in [-0.2, -0.15) is 0 Å². The van der Waals surface area contributed by atoms with E-state index in [1.54, 1.807) is 6.07 Å². The van der Waals surface area contributed by atoms with E-state index in [9.17, 15) is 4.39 Å². The summed E-state index contributed by atoms with van der Waals surface area (Å²) >= 11 is 5.67. The molecule has 0 aliphatic heterocycles. The molecule has 0 saturated carbocycles. The highest BCUT2D eigenvalue weighted by Crippen LogP contribution is 2.18. The van der Waals surface area contributed by atoms with Gasteiger partial charge in [0.25, 0.3) is 0 Å². The maximum Gasteiger partial charge on any atom is 0.127 e. The van der Waals surface area contributed by atoms with Crippen LogP contribution in [-0.2, 0) is 5.88 Å². The minimum atomic E-state index is -0.350. The van der Waals surface area contributed by atoms with E-state index in [4.69, 9.17) is 21.1 Å². The van der Waals surface area contributed by atoms with Crippen molar-refractivity contribution in [2.45, 2.75) is 5.88 Å². The van der Waals surface area contributed by atoms with Gasteiger partial charge >= 0.3 is 0 Å². The predicted octanol–water partition coefficient (Wildman–Crippen LogP) is 4.02. The Bertz CT molecular complexity index is 517. The average molecular weight is 281 g/mol. The summed E-state index contributed by atoms with van der Waals surface area (Å²) in [6.07, 6.45) is 0. The van der Waals surface area contributed by atoms with Crippen LogP contribution < -0.4 is 9.47 Å². The van der Waals surface area contributed by atoms with Crippen molar-refractivity contribution >= 4 is 11.6 Å². The van der Waals surface area contributed by atoms with Crippen molar-refractivity contribution in [2.75, 3.05) is 13.2 Å². The standard InChI is InChI=1S/C15H14ClFO2/c16-11-12-8-13(17)10-15(9-12)19-7-6-18-14-4-2-1-3-5-14/h1-5,8-10H,6-7,11H2. The summed E-state index contributed by atoms with van der Waals surface area (Å²) in [5.41, 5.74) is 0.695. The van der Waals surface area contributed by atoms with Gasteiger partial charge in [0.1, 0.15) is 30.5 Å². The average Bonchev–Trinajstić information content (AvgIpc) is 2.44. The number of halogens is 2. The number of benzene rings is 2. The molecule has 0 unspecified atom stereocenters. The number of ether oxygens (including phenoxy) is 2. The summed E-state index contributed by atoms with van der Waals surface area (Å²) in [6.45, 7) is 0.747. The second-order valence-electron chi connectivity index (χ2n) is 3.94. The first kappa shape index (κ1) is 13.7. The van der Waals surface area contributed by atoms with Gasteiger partial charge in [-0.15, -0.1) is 11.6 Å². The van der Waals surface area contributed by atoms with Crippen LogP contribution in [0.4, 0.5) is 4.39 Å². The van der Waals surface area contributed by atoms with Crippen LogP contribution in [0.25, 0.3) is 0 Å². The molecule has 0 spiro atoms. The summed E-state index contributed by atoms with van der Waals surface area (Å²) in [6, 6.07) is 13.9. The van der Waals surface area contributed by atoms with Crippen LogP contribution in [0.15, 0.2) is 48.5 Å². The van der Waals surface area contributed by atoms with Crippen molar-refractivity contribution in [2.24, 2.45) is 0 Å². The van der Waals surface area contributed by atoms with Gasteiger partial charge in [-0.3, -0.25) is 0 Å². The van der Waals surface area contributed by atoms with E-state index < -0.39 is 0 Å². The third-order valence-electron chi connectivity index (χ3n) is 2.45. The van der Waals surface area contributed by atoms with Crippen LogP contribution in [0.3, 0.4) is 0 Å². The Morgan fingerprint density at radius 2 is 1.58 bits per heavy atom. The molecule has 2 aromatic rings. The molecule has 2 nitrogen and oxygen atoms in total. The summed E-state index contributed by atoms with van der Waals surface area (Å²) in [5.74, 6) is 1.16. The topological polar surface area (TPSA) is 18.5 Å². The molecule has 0 radical (unpaired) electrons. The molecule has 4 heteroatoms. The van der Waals surface area contributed by atoms with Crippen LogP contribution in [0.1, 0.15) is 5.56 Å². The number of para-hydroxylation sites is 1. The van der Waals surface area contributed by atoms with E-state index in [1.807, 2.05) is 30.3 Å². The maximum absolute atomic E-state index is 13.2. The van der Waals surface area contributed by atoms with E-state index in [1.165, 1.54) is 12.1 Å². The van der Waals surface area contributed by atoms with Crippen molar-refractivity contribution in [3.63, 3.8) is 0 Å². The lowest BCUT2D eigenvalue weighted by Gasteiger charge is -2.09. The highest BCUT2D eigenvalue weighted by molar-refractivity contribution is 6.17. The Hall–Kier alpha value is -1.74. The van der Waals surface area contributed by atoms with Gasteiger partial charge in [0, 0.05) is 11.9 Å². The third-order valence-corrected chi connectivity index (χ3v) is 2.76. The second kappa shape index (κ2) is 7.00. The third kappa shape index (κ3) is 4.45. The molecular weight excluding hydrogens is 267 g/mol. The lowest BCUT2D eigenvalue weighted by molar-refractivity contribution is 0.216. The van der Waals surface area contributed by atoms with Gasteiger partial charge in [-0.05, 0) is 29.8 Å². The molecule has 0 aromatic heterocycles. The van der Waals surface area contributed by atoms with Crippen molar-refractivity contribution in [1.29, 1.82) is 0 Å². The van der Waals surface area contributed by atoms with Crippen LogP contribution in [-0.4, -0.2) is 13.2 Å². The van der Waals surface area contributed by atoms with E-state index >= 15 is 0 Å². The quantitative estimate of drug-likeness (QED) is 0.588. The fraction of sp³-hybridized carbons (Fsp3) is 0.200. The Balaban J connectivity index is 1.81.